The molecule has 0 aliphatic heterocycles. The number of pyridine rings is 1. The van der Waals surface area contributed by atoms with Gasteiger partial charge < -0.3 is 5.73 Å². The Balaban J connectivity index is 1.47. The van der Waals surface area contributed by atoms with Crippen molar-refractivity contribution in [3.63, 3.8) is 0 Å². The largest absolute Gasteiger partial charge is 0.327 e. The Morgan fingerprint density at radius 3 is 2.72 bits per heavy atom. The van der Waals surface area contributed by atoms with E-state index >= 15 is 0 Å². The van der Waals surface area contributed by atoms with Gasteiger partial charge in [-0.25, -0.2) is 0 Å². The minimum absolute atomic E-state index is 0.344. The molecular weight excluding hydrogens is 220 g/mol. The van der Waals surface area contributed by atoms with Crippen molar-refractivity contribution in [2.75, 3.05) is 0 Å². The van der Waals surface area contributed by atoms with Crippen LogP contribution in [0.5, 0.6) is 0 Å². The number of hydrogen-bond acceptors (Lipinski definition) is 2. The molecule has 2 bridgehead atoms. The summed E-state index contributed by atoms with van der Waals surface area (Å²) in [6.07, 6.45) is 7.35. The van der Waals surface area contributed by atoms with Gasteiger partial charge in [0.1, 0.15) is 0 Å². The summed E-state index contributed by atoms with van der Waals surface area (Å²) in [5.41, 5.74) is 8.99. The minimum Gasteiger partial charge on any atom is -0.327 e. The molecule has 4 rings (SSSR count). The van der Waals surface area contributed by atoms with Crippen LogP contribution in [0.1, 0.15) is 30.5 Å². The first-order chi connectivity index (χ1) is 8.75. The first kappa shape index (κ1) is 11.0. The molecule has 5 atom stereocenters. The molecule has 0 amide bonds. The highest BCUT2D eigenvalue weighted by Crippen LogP contribution is 2.70. The SMILES string of the molecule is Cc1cccnc1CC(N)C1C2C3CCC(C3)C12. The zero-order chi connectivity index (χ0) is 12.3. The Hall–Kier alpha value is -0.890. The maximum absolute atomic E-state index is 6.48. The number of fused-ring (bicyclic) bond motifs is 5. The van der Waals surface area contributed by atoms with Crippen LogP contribution in [0.3, 0.4) is 0 Å². The standard InChI is InChI=1S/C16H22N2/c1-9-3-2-6-18-13(9)8-12(17)16-14-10-4-5-11(7-10)15(14)16/h2-3,6,10-12,14-16H,4-5,7-8,17H2,1H3. The van der Waals surface area contributed by atoms with E-state index in [1.54, 1.807) is 0 Å². The number of nitrogens with two attached hydrogens (primary N) is 1. The molecule has 0 aromatic carbocycles. The van der Waals surface area contributed by atoms with E-state index in [2.05, 4.69) is 18.0 Å². The summed E-state index contributed by atoms with van der Waals surface area (Å²) in [6.45, 7) is 2.15. The summed E-state index contributed by atoms with van der Waals surface area (Å²) in [5, 5.41) is 0. The number of aromatic nitrogens is 1. The number of rotatable bonds is 3. The monoisotopic (exact) mass is 242 g/mol. The second-order valence-electron chi connectivity index (χ2n) is 6.70. The van der Waals surface area contributed by atoms with Crippen LogP contribution >= 0.6 is 0 Å². The Bertz CT molecular complexity index is 454. The van der Waals surface area contributed by atoms with Crippen LogP contribution in [0.4, 0.5) is 0 Å². The van der Waals surface area contributed by atoms with Gasteiger partial charge >= 0.3 is 0 Å². The van der Waals surface area contributed by atoms with Gasteiger partial charge in [-0.2, -0.15) is 0 Å². The smallest absolute Gasteiger partial charge is 0.0448 e. The summed E-state index contributed by atoms with van der Waals surface area (Å²) in [6, 6.07) is 4.50. The van der Waals surface area contributed by atoms with Crippen LogP contribution in [0, 0.1) is 36.5 Å². The number of nitrogens with zero attached hydrogens (tertiary/aromatic N) is 1. The fraction of sp³-hybridized carbons (Fsp3) is 0.688. The van der Waals surface area contributed by atoms with Crippen LogP contribution in [0.2, 0.25) is 0 Å². The summed E-state index contributed by atoms with van der Waals surface area (Å²) < 4.78 is 0. The highest BCUT2D eigenvalue weighted by atomic mass is 14.8. The molecule has 3 aliphatic rings. The van der Waals surface area contributed by atoms with Crippen LogP contribution in [-0.2, 0) is 6.42 Å². The molecule has 2 nitrogen and oxygen atoms in total. The van der Waals surface area contributed by atoms with Crippen molar-refractivity contribution < 1.29 is 0 Å². The number of hydrogen-bond donors (Lipinski definition) is 1. The third-order valence-electron chi connectivity index (χ3n) is 5.84. The molecular formula is C16H22N2. The predicted octanol–water partition coefficient (Wildman–Crippen LogP) is 2.55. The van der Waals surface area contributed by atoms with E-state index in [-0.39, 0.29) is 0 Å². The average molecular weight is 242 g/mol. The molecule has 0 saturated heterocycles. The molecule has 96 valence electrons. The topological polar surface area (TPSA) is 38.9 Å². The quantitative estimate of drug-likeness (QED) is 0.884. The Kier molecular flexibility index (Phi) is 2.32. The molecule has 1 aromatic heterocycles. The van der Waals surface area contributed by atoms with Crippen molar-refractivity contribution in [1.82, 2.24) is 4.98 Å². The van der Waals surface area contributed by atoms with E-state index in [9.17, 15) is 0 Å². The van der Waals surface area contributed by atoms with Crippen LogP contribution in [0.15, 0.2) is 18.3 Å². The van der Waals surface area contributed by atoms with Gasteiger partial charge in [-0.15, -0.1) is 0 Å². The molecule has 1 aromatic rings. The van der Waals surface area contributed by atoms with Crippen molar-refractivity contribution in [3.05, 3.63) is 29.6 Å². The van der Waals surface area contributed by atoms with Crippen LogP contribution < -0.4 is 5.73 Å². The molecule has 5 unspecified atom stereocenters. The summed E-state index contributed by atoms with van der Waals surface area (Å²) in [5.74, 6) is 4.85. The van der Waals surface area contributed by atoms with Crippen molar-refractivity contribution >= 4 is 0 Å². The molecule has 2 N–H and O–H groups in total. The molecule has 3 fully saturated rings. The molecule has 18 heavy (non-hydrogen) atoms. The van der Waals surface area contributed by atoms with E-state index in [1.807, 2.05) is 12.3 Å². The van der Waals surface area contributed by atoms with Gasteiger partial charge in [0, 0.05) is 24.4 Å². The van der Waals surface area contributed by atoms with Gasteiger partial charge in [-0.1, -0.05) is 6.07 Å². The maximum Gasteiger partial charge on any atom is 0.0448 e. The molecule has 3 saturated carbocycles. The molecule has 3 aliphatic carbocycles. The second kappa shape index (κ2) is 3.80. The maximum atomic E-state index is 6.48. The summed E-state index contributed by atoms with van der Waals surface area (Å²) in [7, 11) is 0. The van der Waals surface area contributed by atoms with Crippen molar-refractivity contribution in [1.29, 1.82) is 0 Å². The molecule has 0 radical (unpaired) electrons. The Morgan fingerprint density at radius 1 is 1.33 bits per heavy atom. The Morgan fingerprint density at radius 2 is 2.06 bits per heavy atom. The third kappa shape index (κ3) is 1.48. The summed E-state index contributed by atoms with van der Waals surface area (Å²) >= 11 is 0. The first-order valence-electron chi connectivity index (χ1n) is 7.42. The predicted molar refractivity (Wildman–Crippen MR) is 72.0 cm³/mol. The van der Waals surface area contributed by atoms with Crippen LogP contribution in [0.25, 0.3) is 0 Å². The van der Waals surface area contributed by atoms with Crippen molar-refractivity contribution in [2.45, 2.75) is 38.6 Å². The van der Waals surface area contributed by atoms with E-state index < -0.39 is 0 Å². The van der Waals surface area contributed by atoms with Gasteiger partial charge in [0.05, 0.1) is 0 Å². The fourth-order valence-electron chi connectivity index (χ4n) is 5.06. The van der Waals surface area contributed by atoms with Gasteiger partial charge in [0.25, 0.3) is 0 Å². The lowest BCUT2D eigenvalue weighted by molar-refractivity contribution is 0.408. The van der Waals surface area contributed by atoms with Gasteiger partial charge in [-0.05, 0) is 67.4 Å². The van der Waals surface area contributed by atoms with Gasteiger partial charge in [0.2, 0.25) is 0 Å². The first-order valence-corrected chi connectivity index (χ1v) is 7.42. The van der Waals surface area contributed by atoms with Crippen molar-refractivity contribution in [3.8, 4) is 0 Å². The Labute approximate surface area is 109 Å². The van der Waals surface area contributed by atoms with E-state index in [0.29, 0.717) is 6.04 Å². The third-order valence-corrected chi connectivity index (χ3v) is 5.84. The normalized spacial score (nSPS) is 41.8. The lowest BCUT2D eigenvalue weighted by atomic mass is 9.94. The number of aryl methyl sites for hydroxylation is 1. The zero-order valence-electron chi connectivity index (χ0n) is 11.0. The molecule has 2 heteroatoms. The zero-order valence-corrected chi connectivity index (χ0v) is 11.0. The minimum atomic E-state index is 0.344. The molecule has 1 heterocycles. The second-order valence-corrected chi connectivity index (χ2v) is 6.70. The lowest BCUT2D eigenvalue weighted by Crippen LogP contribution is -2.29. The van der Waals surface area contributed by atoms with Crippen molar-refractivity contribution in [2.24, 2.45) is 35.3 Å². The van der Waals surface area contributed by atoms with E-state index in [4.69, 9.17) is 5.73 Å². The van der Waals surface area contributed by atoms with Gasteiger partial charge in [-0.3, -0.25) is 4.98 Å². The fourth-order valence-corrected chi connectivity index (χ4v) is 5.06. The summed E-state index contributed by atoms with van der Waals surface area (Å²) in [4.78, 5) is 4.50. The van der Waals surface area contributed by atoms with E-state index in [1.165, 1.54) is 30.5 Å². The van der Waals surface area contributed by atoms with E-state index in [0.717, 1.165) is 36.0 Å². The lowest BCUT2D eigenvalue weighted by Gasteiger charge is -2.16. The average Bonchev–Trinajstić information content (AvgIpc) is 2.82. The molecule has 0 spiro atoms. The highest BCUT2D eigenvalue weighted by molar-refractivity contribution is 5.21. The highest BCUT2D eigenvalue weighted by Gasteiger charge is 2.66. The van der Waals surface area contributed by atoms with Gasteiger partial charge in [0.15, 0.2) is 0 Å². The van der Waals surface area contributed by atoms with Crippen LogP contribution in [-0.4, -0.2) is 11.0 Å².